The molecule has 2 amide bonds. The third kappa shape index (κ3) is 5.10. The van der Waals surface area contributed by atoms with Crippen molar-refractivity contribution in [3.63, 3.8) is 0 Å². The van der Waals surface area contributed by atoms with Gasteiger partial charge in [-0.2, -0.15) is 0 Å². The number of carbonyl (C=O) groups excluding carboxylic acids is 1. The van der Waals surface area contributed by atoms with Crippen LogP contribution < -0.4 is 15.5 Å². The summed E-state index contributed by atoms with van der Waals surface area (Å²) in [5.74, 6) is -0.349. The summed E-state index contributed by atoms with van der Waals surface area (Å²) in [7, 11) is 1.84. The average Bonchev–Trinajstić information content (AvgIpc) is 3.00. The smallest absolute Gasteiger partial charge is 0.319 e. The standard InChI is InChI=1S/C17H26FN3O2/c1-12(2)21(3)16-7-6-13(11-15(16)18)20-17(22)19-9-8-14-5-4-10-23-14/h6-7,11-12,14H,4-5,8-10H2,1-3H3,(H2,19,20,22)/t14-/m0/s1. The number of hydrogen-bond donors (Lipinski definition) is 2. The van der Waals surface area contributed by atoms with Gasteiger partial charge in [0.1, 0.15) is 5.82 Å². The molecular weight excluding hydrogens is 297 g/mol. The Hall–Kier alpha value is -1.82. The van der Waals surface area contributed by atoms with Crippen molar-refractivity contribution in [2.24, 2.45) is 0 Å². The van der Waals surface area contributed by atoms with E-state index in [-0.39, 0.29) is 24.0 Å². The number of urea groups is 1. The van der Waals surface area contributed by atoms with Gasteiger partial charge in [-0.3, -0.25) is 0 Å². The Morgan fingerprint density at radius 2 is 2.26 bits per heavy atom. The minimum Gasteiger partial charge on any atom is -0.378 e. The molecule has 2 N–H and O–H groups in total. The monoisotopic (exact) mass is 323 g/mol. The summed E-state index contributed by atoms with van der Waals surface area (Å²) in [5.41, 5.74) is 0.961. The molecule has 0 bridgehead atoms. The Balaban J connectivity index is 1.82. The fourth-order valence-electron chi connectivity index (χ4n) is 2.54. The molecular formula is C17H26FN3O2. The highest BCUT2D eigenvalue weighted by Gasteiger charge is 2.15. The highest BCUT2D eigenvalue weighted by Crippen LogP contribution is 2.23. The molecule has 0 saturated carbocycles. The summed E-state index contributed by atoms with van der Waals surface area (Å²) in [6.07, 6.45) is 3.20. The molecule has 2 rings (SSSR count). The Labute approximate surface area is 137 Å². The second-order valence-corrected chi connectivity index (χ2v) is 6.18. The Morgan fingerprint density at radius 3 is 2.87 bits per heavy atom. The minimum atomic E-state index is -0.349. The molecule has 1 aromatic carbocycles. The van der Waals surface area contributed by atoms with E-state index < -0.39 is 0 Å². The summed E-state index contributed by atoms with van der Waals surface area (Å²) >= 11 is 0. The number of nitrogens with zero attached hydrogens (tertiary/aromatic N) is 1. The molecule has 1 fully saturated rings. The molecule has 23 heavy (non-hydrogen) atoms. The summed E-state index contributed by atoms with van der Waals surface area (Å²) in [4.78, 5) is 13.7. The lowest BCUT2D eigenvalue weighted by atomic mass is 10.2. The summed E-state index contributed by atoms with van der Waals surface area (Å²) in [6.45, 7) is 5.35. The van der Waals surface area contributed by atoms with Gasteiger partial charge in [-0.25, -0.2) is 9.18 Å². The van der Waals surface area contributed by atoms with E-state index in [0.717, 1.165) is 25.9 Å². The Bertz CT molecular complexity index is 531. The van der Waals surface area contributed by atoms with Crippen LogP contribution in [0.2, 0.25) is 0 Å². The maximum absolute atomic E-state index is 14.1. The van der Waals surface area contributed by atoms with E-state index in [0.29, 0.717) is 17.9 Å². The van der Waals surface area contributed by atoms with Crippen LogP contribution in [-0.4, -0.2) is 38.4 Å². The van der Waals surface area contributed by atoms with E-state index in [1.807, 2.05) is 25.8 Å². The average molecular weight is 323 g/mol. The first-order valence-corrected chi connectivity index (χ1v) is 8.16. The Kier molecular flexibility index (Phi) is 6.21. The van der Waals surface area contributed by atoms with Gasteiger partial charge in [-0.1, -0.05) is 0 Å². The van der Waals surface area contributed by atoms with Crippen LogP contribution in [0.5, 0.6) is 0 Å². The van der Waals surface area contributed by atoms with Crippen LogP contribution in [0.1, 0.15) is 33.1 Å². The molecule has 0 spiro atoms. The number of rotatable bonds is 6. The molecule has 128 valence electrons. The van der Waals surface area contributed by atoms with Gasteiger partial charge in [0, 0.05) is 31.9 Å². The normalized spacial score (nSPS) is 17.3. The maximum Gasteiger partial charge on any atom is 0.319 e. The molecule has 1 aromatic rings. The summed E-state index contributed by atoms with van der Waals surface area (Å²) < 4.78 is 19.6. The van der Waals surface area contributed by atoms with Crippen LogP contribution in [0.15, 0.2) is 18.2 Å². The number of anilines is 2. The molecule has 0 aliphatic carbocycles. The van der Waals surface area contributed by atoms with Gasteiger partial charge in [0.2, 0.25) is 0 Å². The van der Waals surface area contributed by atoms with E-state index >= 15 is 0 Å². The second-order valence-electron chi connectivity index (χ2n) is 6.18. The van der Waals surface area contributed by atoms with Crippen LogP contribution in [0.4, 0.5) is 20.6 Å². The molecule has 1 aliphatic rings. The van der Waals surface area contributed by atoms with Crippen LogP contribution in [0.3, 0.4) is 0 Å². The number of amides is 2. The molecule has 1 saturated heterocycles. The van der Waals surface area contributed by atoms with Crippen molar-refractivity contribution in [2.75, 3.05) is 30.4 Å². The van der Waals surface area contributed by atoms with Gasteiger partial charge < -0.3 is 20.3 Å². The fourth-order valence-corrected chi connectivity index (χ4v) is 2.54. The highest BCUT2D eigenvalue weighted by molar-refractivity contribution is 5.89. The SMILES string of the molecule is CC(C)N(C)c1ccc(NC(=O)NCC[C@@H]2CCCO2)cc1F. The number of nitrogens with one attached hydrogen (secondary N) is 2. The minimum absolute atomic E-state index is 0.199. The summed E-state index contributed by atoms with van der Waals surface area (Å²) in [6, 6.07) is 4.60. The molecule has 0 radical (unpaired) electrons. The lowest BCUT2D eigenvalue weighted by Gasteiger charge is -2.24. The van der Waals surface area contributed by atoms with Crippen LogP contribution >= 0.6 is 0 Å². The highest BCUT2D eigenvalue weighted by atomic mass is 19.1. The van der Waals surface area contributed by atoms with Crippen molar-refractivity contribution in [3.05, 3.63) is 24.0 Å². The van der Waals surface area contributed by atoms with Gasteiger partial charge in [-0.15, -0.1) is 0 Å². The summed E-state index contributed by atoms with van der Waals surface area (Å²) in [5, 5.41) is 5.42. The number of halogens is 1. The van der Waals surface area contributed by atoms with E-state index in [2.05, 4.69) is 10.6 Å². The molecule has 1 aliphatic heterocycles. The predicted molar refractivity (Wildman–Crippen MR) is 90.6 cm³/mol. The first kappa shape index (κ1) is 17.5. The predicted octanol–water partition coefficient (Wildman–Crippen LogP) is 3.36. The van der Waals surface area contributed by atoms with Gasteiger partial charge in [0.15, 0.2) is 0 Å². The van der Waals surface area contributed by atoms with Crippen LogP contribution in [-0.2, 0) is 4.74 Å². The van der Waals surface area contributed by atoms with Crippen molar-refractivity contribution >= 4 is 17.4 Å². The van der Waals surface area contributed by atoms with Crippen molar-refractivity contribution in [2.45, 2.75) is 45.3 Å². The quantitative estimate of drug-likeness (QED) is 0.844. The molecule has 1 heterocycles. The zero-order valence-electron chi connectivity index (χ0n) is 14.1. The van der Waals surface area contributed by atoms with Crippen molar-refractivity contribution in [1.29, 1.82) is 0 Å². The van der Waals surface area contributed by atoms with Gasteiger partial charge in [0.25, 0.3) is 0 Å². The van der Waals surface area contributed by atoms with Crippen LogP contribution in [0, 0.1) is 5.82 Å². The fraction of sp³-hybridized carbons (Fsp3) is 0.588. The van der Waals surface area contributed by atoms with Crippen LogP contribution in [0.25, 0.3) is 0 Å². The number of hydrogen-bond acceptors (Lipinski definition) is 3. The molecule has 1 atom stereocenters. The van der Waals surface area contributed by atoms with Gasteiger partial charge in [-0.05, 0) is 51.3 Å². The van der Waals surface area contributed by atoms with E-state index in [9.17, 15) is 9.18 Å². The second kappa shape index (κ2) is 8.15. The zero-order valence-corrected chi connectivity index (χ0v) is 14.1. The number of ether oxygens (including phenoxy) is 1. The van der Waals surface area contributed by atoms with Crippen molar-refractivity contribution in [1.82, 2.24) is 5.32 Å². The number of benzene rings is 1. The van der Waals surface area contributed by atoms with E-state index in [1.165, 1.54) is 6.07 Å². The van der Waals surface area contributed by atoms with Crippen molar-refractivity contribution in [3.8, 4) is 0 Å². The van der Waals surface area contributed by atoms with Gasteiger partial charge in [0.05, 0.1) is 11.8 Å². The molecule has 0 aromatic heterocycles. The first-order chi connectivity index (χ1) is 11.0. The van der Waals surface area contributed by atoms with Gasteiger partial charge >= 0.3 is 6.03 Å². The first-order valence-electron chi connectivity index (χ1n) is 8.16. The Morgan fingerprint density at radius 1 is 1.48 bits per heavy atom. The van der Waals surface area contributed by atoms with E-state index in [4.69, 9.17) is 4.74 Å². The molecule has 6 heteroatoms. The molecule has 5 nitrogen and oxygen atoms in total. The van der Waals surface area contributed by atoms with Crippen molar-refractivity contribution < 1.29 is 13.9 Å². The third-order valence-corrected chi connectivity index (χ3v) is 4.14. The number of carbonyl (C=O) groups is 1. The molecule has 0 unspecified atom stereocenters. The zero-order chi connectivity index (χ0) is 16.8. The maximum atomic E-state index is 14.1. The largest absolute Gasteiger partial charge is 0.378 e. The lowest BCUT2D eigenvalue weighted by molar-refractivity contribution is 0.105. The third-order valence-electron chi connectivity index (χ3n) is 4.14. The lowest BCUT2D eigenvalue weighted by Crippen LogP contribution is -2.31. The van der Waals surface area contributed by atoms with E-state index in [1.54, 1.807) is 12.1 Å². The topological polar surface area (TPSA) is 53.6 Å².